The van der Waals surface area contributed by atoms with Crippen LogP contribution in [-0.2, 0) is 17.8 Å². The van der Waals surface area contributed by atoms with Crippen molar-refractivity contribution in [3.8, 4) is 0 Å². The zero-order chi connectivity index (χ0) is 22.5. The second-order valence-electron chi connectivity index (χ2n) is 8.46. The molecule has 6 heteroatoms. The monoisotopic (exact) mass is 449 g/mol. The number of rotatable bonds is 7. The standard InChI is InChI=1S/C26H31N3O2S/c1-20-18-24(21(2)29(20)19-23-11-7-17-32-23)26(31)28-15-13-27(14-16-28)25(30)12-6-10-22-8-4-3-5-9-22/h3-5,7-9,11,17-18H,6,10,12-16,19H2,1-2H3. The molecule has 0 spiro atoms. The number of amides is 2. The number of aryl methyl sites for hydroxylation is 2. The Kier molecular flexibility index (Phi) is 7.10. The molecule has 4 rings (SSSR count). The van der Waals surface area contributed by atoms with Crippen LogP contribution in [0.25, 0.3) is 0 Å². The van der Waals surface area contributed by atoms with Crippen LogP contribution >= 0.6 is 11.3 Å². The summed E-state index contributed by atoms with van der Waals surface area (Å²) in [5.74, 6) is 0.272. The number of carbonyl (C=O) groups is 2. The molecule has 1 saturated heterocycles. The largest absolute Gasteiger partial charge is 0.343 e. The van der Waals surface area contributed by atoms with Crippen molar-refractivity contribution in [2.75, 3.05) is 26.2 Å². The third kappa shape index (κ3) is 5.13. The van der Waals surface area contributed by atoms with Crippen molar-refractivity contribution in [1.82, 2.24) is 14.4 Å². The van der Waals surface area contributed by atoms with E-state index in [1.165, 1.54) is 10.4 Å². The first-order chi connectivity index (χ1) is 15.5. The summed E-state index contributed by atoms with van der Waals surface area (Å²) >= 11 is 1.73. The average molecular weight is 450 g/mol. The Hall–Kier alpha value is -2.86. The lowest BCUT2D eigenvalue weighted by molar-refractivity contribution is -0.132. The first kappa shape index (κ1) is 22.3. The van der Waals surface area contributed by atoms with Crippen LogP contribution in [0, 0.1) is 13.8 Å². The number of nitrogens with zero attached hydrogens (tertiary/aromatic N) is 3. The molecule has 0 radical (unpaired) electrons. The highest BCUT2D eigenvalue weighted by Crippen LogP contribution is 2.21. The maximum atomic E-state index is 13.2. The minimum atomic E-state index is 0.0757. The molecule has 1 fully saturated rings. The van der Waals surface area contributed by atoms with Crippen molar-refractivity contribution in [2.45, 2.75) is 39.7 Å². The van der Waals surface area contributed by atoms with Crippen molar-refractivity contribution in [1.29, 1.82) is 0 Å². The van der Waals surface area contributed by atoms with Crippen LogP contribution < -0.4 is 0 Å². The third-order valence-corrected chi connectivity index (χ3v) is 7.18. The van der Waals surface area contributed by atoms with Crippen LogP contribution in [0.4, 0.5) is 0 Å². The lowest BCUT2D eigenvalue weighted by Gasteiger charge is -2.35. The summed E-state index contributed by atoms with van der Waals surface area (Å²) in [6.07, 6.45) is 2.34. The summed E-state index contributed by atoms with van der Waals surface area (Å²) in [5.41, 5.74) is 4.17. The highest BCUT2D eigenvalue weighted by molar-refractivity contribution is 7.09. The lowest BCUT2D eigenvalue weighted by atomic mass is 10.1. The summed E-state index contributed by atoms with van der Waals surface area (Å²) in [6.45, 7) is 7.31. The SMILES string of the molecule is Cc1cc(C(=O)N2CCN(C(=O)CCCc3ccccc3)CC2)c(C)n1Cc1cccs1. The van der Waals surface area contributed by atoms with Gasteiger partial charge in [0.2, 0.25) is 5.91 Å². The Bertz CT molecular complexity index is 1050. The molecule has 0 atom stereocenters. The van der Waals surface area contributed by atoms with E-state index < -0.39 is 0 Å². The molecule has 0 bridgehead atoms. The van der Waals surface area contributed by atoms with Crippen molar-refractivity contribution < 1.29 is 9.59 Å². The van der Waals surface area contributed by atoms with E-state index >= 15 is 0 Å². The summed E-state index contributed by atoms with van der Waals surface area (Å²) in [6, 6.07) is 16.5. The summed E-state index contributed by atoms with van der Waals surface area (Å²) in [7, 11) is 0. The Morgan fingerprint density at radius 1 is 0.938 bits per heavy atom. The van der Waals surface area contributed by atoms with Crippen molar-refractivity contribution in [3.05, 3.63) is 81.3 Å². The van der Waals surface area contributed by atoms with E-state index in [4.69, 9.17) is 0 Å². The Balaban J connectivity index is 1.29. The Morgan fingerprint density at radius 2 is 1.66 bits per heavy atom. The van der Waals surface area contributed by atoms with Gasteiger partial charge in [0.15, 0.2) is 0 Å². The van der Waals surface area contributed by atoms with E-state index in [0.717, 1.165) is 36.3 Å². The maximum absolute atomic E-state index is 13.2. The summed E-state index contributed by atoms with van der Waals surface area (Å²) in [4.78, 5) is 30.9. The second-order valence-corrected chi connectivity index (χ2v) is 9.49. The fraction of sp³-hybridized carbons (Fsp3) is 0.385. The normalized spacial score (nSPS) is 14.1. The van der Waals surface area contributed by atoms with Gasteiger partial charge in [-0.1, -0.05) is 36.4 Å². The molecule has 1 aliphatic rings. The number of thiophene rings is 1. The third-order valence-electron chi connectivity index (χ3n) is 6.32. The van der Waals surface area contributed by atoms with E-state index in [1.807, 2.05) is 41.0 Å². The maximum Gasteiger partial charge on any atom is 0.255 e. The van der Waals surface area contributed by atoms with Gasteiger partial charge < -0.3 is 14.4 Å². The zero-order valence-electron chi connectivity index (χ0n) is 18.9. The van der Waals surface area contributed by atoms with Crippen LogP contribution in [-0.4, -0.2) is 52.4 Å². The van der Waals surface area contributed by atoms with Gasteiger partial charge in [0.05, 0.1) is 12.1 Å². The van der Waals surface area contributed by atoms with Crippen molar-refractivity contribution in [2.24, 2.45) is 0 Å². The molecule has 32 heavy (non-hydrogen) atoms. The number of hydrogen-bond donors (Lipinski definition) is 0. The van der Waals surface area contributed by atoms with Gasteiger partial charge in [0.25, 0.3) is 5.91 Å². The molecule has 2 amide bonds. The molecule has 0 unspecified atom stereocenters. The van der Waals surface area contributed by atoms with Crippen molar-refractivity contribution in [3.63, 3.8) is 0 Å². The van der Waals surface area contributed by atoms with Gasteiger partial charge in [-0.3, -0.25) is 9.59 Å². The highest BCUT2D eigenvalue weighted by atomic mass is 32.1. The van der Waals surface area contributed by atoms with Crippen molar-refractivity contribution >= 4 is 23.2 Å². The van der Waals surface area contributed by atoms with E-state index in [2.05, 4.69) is 41.1 Å². The van der Waals surface area contributed by atoms with Gasteiger partial charge in [-0.05, 0) is 49.8 Å². The molecule has 0 saturated carbocycles. The highest BCUT2D eigenvalue weighted by Gasteiger charge is 2.27. The first-order valence-corrected chi connectivity index (χ1v) is 12.2. The molecule has 1 aliphatic heterocycles. The lowest BCUT2D eigenvalue weighted by Crippen LogP contribution is -2.50. The van der Waals surface area contributed by atoms with E-state index in [9.17, 15) is 9.59 Å². The number of aromatic nitrogens is 1. The minimum absolute atomic E-state index is 0.0757. The van der Waals surface area contributed by atoms with Crippen LogP contribution in [0.1, 0.15) is 45.0 Å². The van der Waals surface area contributed by atoms with E-state index in [-0.39, 0.29) is 11.8 Å². The minimum Gasteiger partial charge on any atom is -0.343 e. The number of carbonyl (C=O) groups excluding carboxylic acids is 2. The molecule has 2 aromatic heterocycles. The molecular formula is C26H31N3O2S. The molecule has 5 nitrogen and oxygen atoms in total. The molecule has 1 aromatic carbocycles. The molecule has 3 heterocycles. The average Bonchev–Trinajstić information content (AvgIpc) is 3.43. The number of piperazine rings is 1. The topological polar surface area (TPSA) is 45.6 Å². The van der Waals surface area contributed by atoms with E-state index in [1.54, 1.807) is 11.3 Å². The fourth-order valence-electron chi connectivity index (χ4n) is 4.40. The van der Waals surface area contributed by atoms with Gasteiger partial charge in [-0.25, -0.2) is 0 Å². The predicted molar refractivity (Wildman–Crippen MR) is 129 cm³/mol. The van der Waals surface area contributed by atoms with Crippen LogP contribution in [0.3, 0.4) is 0 Å². The van der Waals surface area contributed by atoms with Gasteiger partial charge in [-0.2, -0.15) is 0 Å². The second kappa shape index (κ2) is 10.2. The van der Waals surface area contributed by atoms with Crippen LogP contribution in [0.15, 0.2) is 53.9 Å². The van der Waals surface area contributed by atoms with Crippen LogP contribution in [0.5, 0.6) is 0 Å². The molecule has 0 N–H and O–H groups in total. The zero-order valence-corrected chi connectivity index (χ0v) is 19.7. The molecule has 0 aliphatic carbocycles. The molecule has 3 aromatic rings. The predicted octanol–water partition coefficient (Wildman–Crippen LogP) is 4.52. The van der Waals surface area contributed by atoms with Crippen LogP contribution in [0.2, 0.25) is 0 Å². The quantitative estimate of drug-likeness (QED) is 0.532. The Morgan fingerprint density at radius 3 is 2.34 bits per heavy atom. The first-order valence-electron chi connectivity index (χ1n) is 11.3. The summed E-state index contributed by atoms with van der Waals surface area (Å²) in [5, 5.41) is 2.08. The van der Waals surface area contributed by atoms with Gasteiger partial charge in [0.1, 0.15) is 0 Å². The summed E-state index contributed by atoms with van der Waals surface area (Å²) < 4.78 is 2.21. The van der Waals surface area contributed by atoms with Gasteiger partial charge in [-0.15, -0.1) is 11.3 Å². The fourth-order valence-corrected chi connectivity index (χ4v) is 5.09. The van der Waals surface area contributed by atoms with Gasteiger partial charge in [0, 0.05) is 48.9 Å². The van der Waals surface area contributed by atoms with E-state index in [0.29, 0.717) is 32.6 Å². The molecule has 168 valence electrons. The number of hydrogen-bond acceptors (Lipinski definition) is 3. The molecular weight excluding hydrogens is 418 g/mol. The Labute approximate surface area is 194 Å². The van der Waals surface area contributed by atoms with Gasteiger partial charge >= 0.3 is 0 Å². The smallest absolute Gasteiger partial charge is 0.255 e. The number of benzene rings is 1.